The summed E-state index contributed by atoms with van der Waals surface area (Å²) in [4.78, 5) is 31.1. The van der Waals surface area contributed by atoms with Gasteiger partial charge < -0.3 is 15.0 Å². The van der Waals surface area contributed by atoms with E-state index in [2.05, 4.69) is 15.4 Å². The van der Waals surface area contributed by atoms with E-state index >= 15 is 0 Å². The summed E-state index contributed by atoms with van der Waals surface area (Å²) < 4.78 is 6.79. The maximum Gasteiger partial charge on any atom is 0.244 e. The zero-order chi connectivity index (χ0) is 21.7. The SMILES string of the molecule is COc1ccccc1CC(=O)Nc1cnn(CC(=O)N(C)C(C)c2nc(C)cs2)c1. The Morgan fingerprint density at radius 1 is 1.33 bits per heavy atom. The summed E-state index contributed by atoms with van der Waals surface area (Å²) >= 11 is 1.54. The Labute approximate surface area is 179 Å². The number of ether oxygens (including phenoxy) is 1. The van der Waals surface area contributed by atoms with Crippen LogP contribution in [0.4, 0.5) is 5.69 Å². The topological polar surface area (TPSA) is 89.3 Å². The molecule has 2 aromatic heterocycles. The molecule has 30 heavy (non-hydrogen) atoms. The lowest BCUT2D eigenvalue weighted by Crippen LogP contribution is -2.32. The minimum atomic E-state index is -0.185. The third-order valence-electron chi connectivity index (χ3n) is 4.73. The standard InChI is InChI=1S/C21H25N5O3S/c1-14-13-30-21(23-14)15(2)25(3)20(28)12-26-11-17(10-22-26)24-19(27)9-16-7-5-6-8-18(16)29-4/h5-8,10-11,13,15H,9,12H2,1-4H3,(H,24,27). The quantitative estimate of drug-likeness (QED) is 0.597. The molecule has 0 spiro atoms. The number of benzene rings is 1. The first kappa shape index (κ1) is 21.5. The van der Waals surface area contributed by atoms with Crippen LogP contribution in [0.2, 0.25) is 0 Å². The van der Waals surface area contributed by atoms with Gasteiger partial charge in [-0.15, -0.1) is 11.3 Å². The Morgan fingerprint density at radius 3 is 2.80 bits per heavy atom. The molecule has 3 aromatic rings. The normalized spacial score (nSPS) is 11.7. The predicted octanol–water partition coefficient (Wildman–Crippen LogP) is 3.06. The number of thiazole rings is 1. The Balaban J connectivity index is 1.56. The average molecular weight is 428 g/mol. The van der Waals surface area contributed by atoms with Crippen LogP contribution in [0.5, 0.6) is 5.75 Å². The number of para-hydroxylation sites is 1. The molecular formula is C21H25N5O3S. The Hall–Kier alpha value is -3.20. The molecule has 1 unspecified atom stereocenters. The van der Waals surface area contributed by atoms with Crippen LogP contribution in [0.3, 0.4) is 0 Å². The summed E-state index contributed by atoms with van der Waals surface area (Å²) in [6.45, 7) is 3.96. The molecular weight excluding hydrogens is 402 g/mol. The van der Waals surface area contributed by atoms with E-state index in [1.54, 1.807) is 25.3 Å². The van der Waals surface area contributed by atoms with Gasteiger partial charge >= 0.3 is 0 Å². The molecule has 0 saturated carbocycles. The van der Waals surface area contributed by atoms with Crippen LogP contribution in [0.15, 0.2) is 42.0 Å². The summed E-state index contributed by atoms with van der Waals surface area (Å²) in [5, 5.41) is 9.86. The van der Waals surface area contributed by atoms with Crippen molar-refractivity contribution in [3.8, 4) is 5.75 Å². The number of aromatic nitrogens is 3. The molecule has 1 N–H and O–H groups in total. The number of hydrogen-bond donors (Lipinski definition) is 1. The van der Waals surface area contributed by atoms with Crippen molar-refractivity contribution in [2.45, 2.75) is 32.9 Å². The molecule has 9 heteroatoms. The van der Waals surface area contributed by atoms with Crippen molar-refractivity contribution < 1.29 is 14.3 Å². The molecule has 158 valence electrons. The molecule has 0 aliphatic rings. The lowest BCUT2D eigenvalue weighted by Gasteiger charge is -2.23. The van der Waals surface area contributed by atoms with E-state index in [4.69, 9.17) is 4.74 Å². The van der Waals surface area contributed by atoms with Crippen LogP contribution >= 0.6 is 11.3 Å². The maximum absolute atomic E-state index is 12.6. The van der Waals surface area contributed by atoms with Crippen LogP contribution < -0.4 is 10.1 Å². The highest BCUT2D eigenvalue weighted by Gasteiger charge is 2.20. The first-order chi connectivity index (χ1) is 14.4. The number of nitrogens with one attached hydrogen (secondary N) is 1. The Bertz CT molecular complexity index is 1030. The number of carbonyl (C=O) groups excluding carboxylic acids is 2. The van der Waals surface area contributed by atoms with E-state index in [1.165, 1.54) is 22.2 Å². The molecule has 0 aliphatic carbocycles. The number of carbonyl (C=O) groups is 2. The molecule has 0 saturated heterocycles. The van der Waals surface area contributed by atoms with Gasteiger partial charge in [0.15, 0.2) is 0 Å². The minimum Gasteiger partial charge on any atom is -0.496 e. The van der Waals surface area contributed by atoms with Crippen LogP contribution in [-0.2, 0) is 22.6 Å². The van der Waals surface area contributed by atoms with E-state index in [1.807, 2.05) is 43.5 Å². The van der Waals surface area contributed by atoms with Crippen molar-refractivity contribution in [3.63, 3.8) is 0 Å². The van der Waals surface area contributed by atoms with E-state index in [-0.39, 0.29) is 30.8 Å². The monoisotopic (exact) mass is 427 g/mol. The largest absolute Gasteiger partial charge is 0.496 e. The molecule has 3 rings (SSSR count). The molecule has 1 atom stereocenters. The zero-order valence-electron chi connectivity index (χ0n) is 17.5. The van der Waals surface area contributed by atoms with Gasteiger partial charge in [0.1, 0.15) is 17.3 Å². The fourth-order valence-corrected chi connectivity index (χ4v) is 3.83. The van der Waals surface area contributed by atoms with Crippen molar-refractivity contribution in [3.05, 3.63) is 58.3 Å². The van der Waals surface area contributed by atoms with Crippen molar-refractivity contribution in [1.82, 2.24) is 19.7 Å². The summed E-state index contributed by atoms with van der Waals surface area (Å²) in [5.74, 6) is 0.391. The third-order valence-corrected chi connectivity index (χ3v) is 5.86. The maximum atomic E-state index is 12.6. The highest BCUT2D eigenvalue weighted by molar-refractivity contribution is 7.09. The van der Waals surface area contributed by atoms with Crippen LogP contribution in [0.25, 0.3) is 0 Å². The van der Waals surface area contributed by atoms with Crippen LogP contribution in [0, 0.1) is 6.92 Å². The molecule has 2 amide bonds. The zero-order valence-corrected chi connectivity index (χ0v) is 18.3. The van der Waals surface area contributed by atoms with Crippen molar-refractivity contribution >= 4 is 28.8 Å². The fraction of sp³-hybridized carbons (Fsp3) is 0.333. The Morgan fingerprint density at radius 2 is 2.10 bits per heavy atom. The summed E-state index contributed by atoms with van der Waals surface area (Å²) in [6.07, 6.45) is 3.35. The number of hydrogen-bond acceptors (Lipinski definition) is 6. The van der Waals surface area contributed by atoms with E-state index in [0.29, 0.717) is 11.4 Å². The first-order valence-electron chi connectivity index (χ1n) is 9.49. The number of aryl methyl sites for hydroxylation is 1. The summed E-state index contributed by atoms with van der Waals surface area (Å²) in [5.41, 5.74) is 2.28. The number of likely N-dealkylation sites (N-methyl/N-ethyl adjacent to an activating group) is 1. The lowest BCUT2D eigenvalue weighted by molar-refractivity contribution is -0.132. The second kappa shape index (κ2) is 9.53. The number of amides is 2. The average Bonchev–Trinajstić information content (AvgIpc) is 3.35. The van der Waals surface area contributed by atoms with Gasteiger partial charge in [-0.1, -0.05) is 18.2 Å². The van der Waals surface area contributed by atoms with Gasteiger partial charge in [-0.2, -0.15) is 5.10 Å². The smallest absolute Gasteiger partial charge is 0.244 e. The van der Waals surface area contributed by atoms with E-state index in [9.17, 15) is 9.59 Å². The van der Waals surface area contributed by atoms with Gasteiger partial charge in [0.05, 0.1) is 31.5 Å². The number of methoxy groups -OCH3 is 1. The van der Waals surface area contributed by atoms with Gasteiger partial charge in [0.25, 0.3) is 0 Å². The van der Waals surface area contributed by atoms with E-state index < -0.39 is 0 Å². The Kier molecular flexibility index (Phi) is 6.83. The number of nitrogens with zero attached hydrogens (tertiary/aromatic N) is 4. The van der Waals surface area contributed by atoms with Crippen molar-refractivity contribution in [2.75, 3.05) is 19.5 Å². The molecule has 0 bridgehead atoms. The van der Waals surface area contributed by atoms with Crippen molar-refractivity contribution in [2.24, 2.45) is 0 Å². The van der Waals surface area contributed by atoms with Gasteiger partial charge in [0.2, 0.25) is 11.8 Å². The van der Waals surface area contributed by atoms with Crippen LogP contribution in [0.1, 0.15) is 29.2 Å². The van der Waals surface area contributed by atoms with Gasteiger partial charge in [-0.05, 0) is 19.9 Å². The first-order valence-corrected chi connectivity index (χ1v) is 10.4. The third kappa shape index (κ3) is 5.24. The van der Waals surface area contributed by atoms with Gasteiger partial charge in [-0.25, -0.2) is 4.98 Å². The molecule has 2 heterocycles. The van der Waals surface area contributed by atoms with Gasteiger partial charge in [-0.3, -0.25) is 14.3 Å². The second-order valence-corrected chi connectivity index (χ2v) is 7.86. The number of anilines is 1. The second-order valence-electron chi connectivity index (χ2n) is 6.97. The van der Waals surface area contributed by atoms with E-state index in [0.717, 1.165) is 16.3 Å². The highest BCUT2D eigenvalue weighted by atomic mass is 32.1. The summed E-state index contributed by atoms with van der Waals surface area (Å²) in [7, 11) is 3.33. The number of rotatable bonds is 8. The molecule has 0 fully saturated rings. The van der Waals surface area contributed by atoms with Crippen molar-refractivity contribution in [1.29, 1.82) is 0 Å². The predicted molar refractivity (Wildman–Crippen MR) is 116 cm³/mol. The molecule has 8 nitrogen and oxygen atoms in total. The molecule has 1 aromatic carbocycles. The summed E-state index contributed by atoms with van der Waals surface area (Å²) in [6, 6.07) is 7.26. The minimum absolute atomic E-state index is 0.0770. The molecule has 0 radical (unpaired) electrons. The fourth-order valence-electron chi connectivity index (χ4n) is 2.94. The molecule has 0 aliphatic heterocycles. The van der Waals surface area contributed by atoms with Crippen LogP contribution in [-0.4, -0.2) is 45.6 Å². The lowest BCUT2D eigenvalue weighted by atomic mass is 10.1. The van der Waals surface area contributed by atoms with Gasteiger partial charge in [0, 0.05) is 29.9 Å². The highest BCUT2D eigenvalue weighted by Crippen LogP contribution is 2.23.